The Bertz CT molecular complexity index is 341. The van der Waals surface area contributed by atoms with Gasteiger partial charge < -0.3 is 10.1 Å². The normalized spacial score (nSPS) is 14.1. The molecule has 2 unspecified atom stereocenters. The standard InChI is InChI=1S/C13H20N2O2/c1-10(7-8-11(2)17-3)15-13(16)12-6-4-5-9-14-12/h4-6,9-11H,7-8H2,1-3H3,(H,15,16). The van der Waals surface area contributed by atoms with E-state index < -0.39 is 0 Å². The molecule has 4 nitrogen and oxygen atoms in total. The van der Waals surface area contributed by atoms with Gasteiger partial charge in [-0.3, -0.25) is 9.78 Å². The van der Waals surface area contributed by atoms with Crippen LogP contribution in [0.5, 0.6) is 0 Å². The molecule has 4 heteroatoms. The maximum Gasteiger partial charge on any atom is 0.270 e. The fourth-order valence-corrected chi connectivity index (χ4v) is 1.47. The topological polar surface area (TPSA) is 51.2 Å². The molecule has 0 aromatic carbocycles. The number of pyridine rings is 1. The SMILES string of the molecule is COC(C)CCC(C)NC(=O)c1ccccn1. The first kappa shape index (κ1) is 13.6. The molecule has 1 aromatic rings. The highest BCUT2D eigenvalue weighted by atomic mass is 16.5. The van der Waals surface area contributed by atoms with E-state index in [9.17, 15) is 4.79 Å². The van der Waals surface area contributed by atoms with Crippen LogP contribution in [-0.4, -0.2) is 30.1 Å². The lowest BCUT2D eigenvalue weighted by Crippen LogP contribution is -2.33. The Labute approximate surface area is 102 Å². The summed E-state index contributed by atoms with van der Waals surface area (Å²) in [6.45, 7) is 4.01. The molecule has 94 valence electrons. The highest BCUT2D eigenvalue weighted by molar-refractivity contribution is 5.92. The van der Waals surface area contributed by atoms with E-state index in [1.54, 1.807) is 31.5 Å². The van der Waals surface area contributed by atoms with Crippen molar-refractivity contribution in [3.8, 4) is 0 Å². The third-order valence-electron chi connectivity index (χ3n) is 2.68. The minimum absolute atomic E-state index is 0.122. The van der Waals surface area contributed by atoms with Gasteiger partial charge in [-0.05, 0) is 38.8 Å². The molecule has 1 amide bonds. The number of methoxy groups -OCH3 is 1. The van der Waals surface area contributed by atoms with Crippen LogP contribution in [0.2, 0.25) is 0 Å². The average molecular weight is 236 g/mol. The van der Waals surface area contributed by atoms with E-state index in [1.807, 2.05) is 13.8 Å². The predicted molar refractivity (Wildman–Crippen MR) is 66.9 cm³/mol. The number of carbonyl (C=O) groups excluding carboxylic acids is 1. The molecule has 0 aliphatic heterocycles. The number of aromatic nitrogens is 1. The van der Waals surface area contributed by atoms with Crippen LogP contribution in [0, 0.1) is 0 Å². The van der Waals surface area contributed by atoms with Crippen molar-refractivity contribution < 1.29 is 9.53 Å². The molecular weight excluding hydrogens is 216 g/mol. The van der Waals surface area contributed by atoms with Crippen molar-refractivity contribution in [3.63, 3.8) is 0 Å². The maximum atomic E-state index is 11.8. The van der Waals surface area contributed by atoms with Crippen LogP contribution in [0.15, 0.2) is 24.4 Å². The van der Waals surface area contributed by atoms with Gasteiger partial charge in [-0.1, -0.05) is 6.07 Å². The fraction of sp³-hybridized carbons (Fsp3) is 0.538. The number of amides is 1. The number of hydrogen-bond donors (Lipinski definition) is 1. The highest BCUT2D eigenvalue weighted by Crippen LogP contribution is 2.04. The van der Waals surface area contributed by atoms with Gasteiger partial charge in [0.2, 0.25) is 0 Å². The zero-order valence-electron chi connectivity index (χ0n) is 10.6. The maximum absolute atomic E-state index is 11.8. The van der Waals surface area contributed by atoms with Gasteiger partial charge in [-0.25, -0.2) is 0 Å². The third kappa shape index (κ3) is 4.95. The van der Waals surface area contributed by atoms with Crippen LogP contribution < -0.4 is 5.32 Å². The first-order chi connectivity index (χ1) is 8.13. The van der Waals surface area contributed by atoms with Crippen molar-refractivity contribution >= 4 is 5.91 Å². The van der Waals surface area contributed by atoms with E-state index in [1.165, 1.54) is 0 Å². The van der Waals surface area contributed by atoms with E-state index in [4.69, 9.17) is 4.74 Å². The molecule has 17 heavy (non-hydrogen) atoms. The second-order valence-electron chi connectivity index (χ2n) is 4.21. The first-order valence-corrected chi connectivity index (χ1v) is 5.88. The molecule has 0 saturated carbocycles. The van der Waals surface area contributed by atoms with Crippen LogP contribution in [0.3, 0.4) is 0 Å². The van der Waals surface area contributed by atoms with Crippen molar-refractivity contribution in [3.05, 3.63) is 30.1 Å². The summed E-state index contributed by atoms with van der Waals surface area (Å²) in [5.74, 6) is -0.122. The van der Waals surface area contributed by atoms with Crippen molar-refractivity contribution in [2.24, 2.45) is 0 Å². The molecule has 1 aromatic heterocycles. The largest absolute Gasteiger partial charge is 0.382 e. The van der Waals surface area contributed by atoms with Crippen LogP contribution >= 0.6 is 0 Å². The zero-order valence-corrected chi connectivity index (χ0v) is 10.6. The third-order valence-corrected chi connectivity index (χ3v) is 2.68. The van der Waals surface area contributed by atoms with Crippen molar-refractivity contribution in [1.29, 1.82) is 0 Å². The summed E-state index contributed by atoms with van der Waals surface area (Å²) in [5, 5.41) is 2.92. The summed E-state index contributed by atoms with van der Waals surface area (Å²) in [7, 11) is 1.70. The molecule has 0 saturated heterocycles. The first-order valence-electron chi connectivity index (χ1n) is 5.88. The Morgan fingerprint density at radius 3 is 2.76 bits per heavy atom. The summed E-state index contributed by atoms with van der Waals surface area (Å²) >= 11 is 0. The molecule has 0 aliphatic carbocycles. The number of nitrogens with one attached hydrogen (secondary N) is 1. The fourth-order valence-electron chi connectivity index (χ4n) is 1.47. The van der Waals surface area contributed by atoms with E-state index in [0.717, 1.165) is 12.8 Å². The Morgan fingerprint density at radius 2 is 2.18 bits per heavy atom. The van der Waals surface area contributed by atoms with Gasteiger partial charge in [0.25, 0.3) is 5.91 Å². The molecule has 0 aliphatic rings. The van der Waals surface area contributed by atoms with E-state index >= 15 is 0 Å². The monoisotopic (exact) mass is 236 g/mol. The molecular formula is C13H20N2O2. The number of rotatable bonds is 6. The second-order valence-corrected chi connectivity index (χ2v) is 4.21. The van der Waals surface area contributed by atoms with Crippen molar-refractivity contribution in [2.45, 2.75) is 38.8 Å². The van der Waals surface area contributed by atoms with Gasteiger partial charge in [-0.15, -0.1) is 0 Å². The molecule has 1 N–H and O–H groups in total. The number of carbonyl (C=O) groups is 1. The molecule has 0 bridgehead atoms. The number of nitrogens with zero attached hydrogens (tertiary/aromatic N) is 1. The molecule has 1 heterocycles. The number of ether oxygens (including phenoxy) is 1. The van der Waals surface area contributed by atoms with Crippen molar-refractivity contribution in [2.75, 3.05) is 7.11 Å². The molecule has 0 fully saturated rings. The minimum Gasteiger partial charge on any atom is -0.382 e. The summed E-state index contributed by atoms with van der Waals surface area (Å²) in [6, 6.07) is 5.43. The second kappa shape index (κ2) is 7.01. The predicted octanol–water partition coefficient (Wildman–Crippen LogP) is 2.02. The van der Waals surface area contributed by atoms with Crippen molar-refractivity contribution in [1.82, 2.24) is 10.3 Å². The zero-order chi connectivity index (χ0) is 12.7. The van der Waals surface area contributed by atoms with Crippen LogP contribution in [0.25, 0.3) is 0 Å². The van der Waals surface area contributed by atoms with Gasteiger partial charge in [0.15, 0.2) is 0 Å². The summed E-state index contributed by atoms with van der Waals surface area (Å²) < 4.78 is 5.17. The summed E-state index contributed by atoms with van der Waals surface area (Å²) in [5.41, 5.74) is 0.458. The van der Waals surface area contributed by atoms with Gasteiger partial charge >= 0.3 is 0 Å². The van der Waals surface area contributed by atoms with Gasteiger partial charge in [0, 0.05) is 19.3 Å². The number of hydrogen-bond acceptors (Lipinski definition) is 3. The highest BCUT2D eigenvalue weighted by Gasteiger charge is 2.11. The van der Waals surface area contributed by atoms with Crippen LogP contribution in [0.1, 0.15) is 37.2 Å². The molecule has 1 rings (SSSR count). The lowest BCUT2D eigenvalue weighted by atomic mass is 10.1. The Hall–Kier alpha value is -1.42. The van der Waals surface area contributed by atoms with Gasteiger partial charge in [0.05, 0.1) is 6.10 Å². The lowest BCUT2D eigenvalue weighted by Gasteiger charge is -2.15. The average Bonchev–Trinajstić information content (AvgIpc) is 2.36. The van der Waals surface area contributed by atoms with E-state index in [2.05, 4.69) is 10.3 Å². The molecule has 0 spiro atoms. The van der Waals surface area contributed by atoms with Gasteiger partial charge in [-0.2, -0.15) is 0 Å². The molecule has 2 atom stereocenters. The minimum atomic E-state index is -0.122. The van der Waals surface area contributed by atoms with Crippen LogP contribution in [0.4, 0.5) is 0 Å². The van der Waals surface area contributed by atoms with E-state index in [-0.39, 0.29) is 18.1 Å². The van der Waals surface area contributed by atoms with E-state index in [0.29, 0.717) is 5.69 Å². The van der Waals surface area contributed by atoms with Gasteiger partial charge in [0.1, 0.15) is 5.69 Å². The quantitative estimate of drug-likeness (QED) is 0.822. The Balaban J connectivity index is 2.36. The Kier molecular flexibility index (Phi) is 5.63. The molecule has 0 radical (unpaired) electrons. The smallest absolute Gasteiger partial charge is 0.270 e. The summed E-state index contributed by atoms with van der Waals surface area (Å²) in [6.07, 6.45) is 3.67. The Morgan fingerprint density at radius 1 is 1.41 bits per heavy atom. The van der Waals surface area contributed by atoms with Crippen LogP contribution in [-0.2, 0) is 4.74 Å². The summed E-state index contributed by atoms with van der Waals surface area (Å²) in [4.78, 5) is 15.8. The lowest BCUT2D eigenvalue weighted by molar-refractivity contribution is 0.0906.